The van der Waals surface area contributed by atoms with Gasteiger partial charge >= 0.3 is 0 Å². The summed E-state index contributed by atoms with van der Waals surface area (Å²) >= 11 is 0. The summed E-state index contributed by atoms with van der Waals surface area (Å²) < 4.78 is 0. The van der Waals surface area contributed by atoms with Crippen molar-refractivity contribution in [2.75, 3.05) is 0 Å². The van der Waals surface area contributed by atoms with E-state index in [2.05, 4.69) is 13.0 Å². The molecule has 0 radical (unpaired) electrons. The van der Waals surface area contributed by atoms with Gasteiger partial charge in [0.25, 0.3) is 0 Å². The van der Waals surface area contributed by atoms with E-state index in [0.717, 1.165) is 12.0 Å². The summed E-state index contributed by atoms with van der Waals surface area (Å²) in [5, 5.41) is 9.70. The number of rotatable bonds is 4. The minimum Gasteiger partial charge on any atom is -0.388 e. The maximum atomic E-state index is 9.70. The Labute approximate surface area is 79.7 Å². The molecular weight excluding hydrogens is 160 g/mol. The number of aliphatic hydroxyl groups is 1. The molecule has 1 aromatic carbocycles. The van der Waals surface area contributed by atoms with E-state index in [9.17, 15) is 5.11 Å². The maximum absolute atomic E-state index is 9.70. The van der Waals surface area contributed by atoms with Crippen molar-refractivity contribution < 1.29 is 5.11 Å². The van der Waals surface area contributed by atoms with Crippen molar-refractivity contribution in [3.8, 4) is 0 Å². The van der Waals surface area contributed by atoms with Gasteiger partial charge in [-0.15, -0.1) is 0 Å². The minimum atomic E-state index is -0.357. The molecule has 0 aromatic heterocycles. The second-order valence-electron chi connectivity index (χ2n) is 3.04. The van der Waals surface area contributed by atoms with Crippen LogP contribution in [0.5, 0.6) is 0 Å². The molecule has 70 valence electrons. The van der Waals surface area contributed by atoms with Crippen molar-refractivity contribution in [1.82, 2.24) is 0 Å². The Hall–Kier alpha value is -1.08. The van der Waals surface area contributed by atoms with Crippen molar-refractivity contribution in [3.63, 3.8) is 0 Å². The van der Waals surface area contributed by atoms with E-state index in [1.54, 1.807) is 0 Å². The van der Waals surface area contributed by atoms with E-state index < -0.39 is 0 Å². The normalized spacial score (nSPS) is 13.4. The van der Waals surface area contributed by atoms with E-state index in [-0.39, 0.29) is 6.10 Å². The van der Waals surface area contributed by atoms with Gasteiger partial charge in [0.05, 0.1) is 6.10 Å². The third kappa shape index (κ3) is 3.43. The molecule has 1 nitrogen and oxygen atoms in total. The average molecular weight is 176 g/mol. The van der Waals surface area contributed by atoms with Crippen LogP contribution in [0.2, 0.25) is 0 Å². The second kappa shape index (κ2) is 5.55. The average Bonchev–Trinajstić information content (AvgIpc) is 2.19. The molecule has 0 aliphatic carbocycles. The molecule has 0 unspecified atom stereocenters. The van der Waals surface area contributed by atoms with Crippen molar-refractivity contribution in [2.24, 2.45) is 0 Å². The number of allylic oxidation sites excluding steroid dienone is 1. The molecule has 1 atom stereocenters. The summed E-state index contributed by atoms with van der Waals surface area (Å²) in [4.78, 5) is 0. The monoisotopic (exact) mass is 176 g/mol. The van der Waals surface area contributed by atoms with Crippen molar-refractivity contribution in [1.29, 1.82) is 0 Å². The standard InChI is InChI=1S/C12H16O/c1-2-3-5-10-12(13)11-8-6-4-7-9-11/h3-9,12-13H,2,10H2,1H3/b5-3-/t12-/m1/s1. The predicted molar refractivity (Wildman–Crippen MR) is 55.4 cm³/mol. The highest BCUT2D eigenvalue weighted by atomic mass is 16.3. The first kappa shape index (κ1) is 10.0. The topological polar surface area (TPSA) is 20.2 Å². The van der Waals surface area contributed by atoms with Crippen LogP contribution >= 0.6 is 0 Å². The lowest BCUT2D eigenvalue weighted by molar-refractivity contribution is 0.181. The van der Waals surface area contributed by atoms with Crippen molar-refractivity contribution >= 4 is 0 Å². The number of aliphatic hydroxyl groups excluding tert-OH is 1. The molecule has 1 aromatic rings. The van der Waals surface area contributed by atoms with E-state index in [4.69, 9.17) is 0 Å². The van der Waals surface area contributed by atoms with Gasteiger partial charge in [0, 0.05) is 0 Å². The molecule has 1 heteroatoms. The van der Waals surface area contributed by atoms with E-state index in [0.29, 0.717) is 6.42 Å². The van der Waals surface area contributed by atoms with Crippen molar-refractivity contribution in [2.45, 2.75) is 25.9 Å². The zero-order valence-corrected chi connectivity index (χ0v) is 7.98. The highest BCUT2D eigenvalue weighted by Crippen LogP contribution is 2.15. The van der Waals surface area contributed by atoms with Gasteiger partial charge in [0.2, 0.25) is 0 Å². The van der Waals surface area contributed by atoms with Gasteiger partial charge in [0.1, 0.15) is 0 Å². The molecule has 0 amide bonds. The van der Waals surface area contributed by atoms with Crippen LogP contribution in [0.15, 0.2) is 42.5 Å². The lowest BCUT2D eigenvalue weighted by Crippen LogP contribution is -1.94. The Morgan fingerprint density at radius 3 is 2.54 bits per heavy atom. The third-order valence-electron chi connectivity index (χ3n) is 1.95. The summed E-state index contributed by atoms with van der Waals surface area (Å²) in [6, 6.07) is 9.75. The molecule has 0 bridgehead atoms. The Morgan fingerprint density at radius 2 is 1.92 bits per heavy atom. The largest absolute Gasteiger partial charge is 0.388 e. The van der Waals surface area contributed by atoms with Crippen LogP contribution in [-0.2, 0) is 0 Å². The smallest absolute Gasteiger partial charge is 0.0824 e. The van der Waals surface area contributed by atoms with Gasteiger partial charge in [0.15, 0.2) is 0 Å². The summed E-state index contributed by atoms with van der Waals surface area (Å²) in [7, 11) is 0. The molecule has 0 saturated heterocycles. The SMILES string of the molecule is CC/C=C\C[C@@H](O)c1ccccc1. The molecule has 0 spiro atoms. The molecule has 1 N–H and O–H groups in total. The van der Waals surface area contributed by atoms with E-state index >= 15 is 0 Å². The molecule has 0 saturated carbocycles. The van der Waals surface area contributed by atoms with E-state index in [1.165, 1.54) is 0 Å². The second-order valence-corrected chi connectivity index (χ2v) is 3.04. The van der Waals surface area contributed by atoms with Crippen molar-refractivity contribution in [3.05, 3.63) is 48.0 Å². The molecular formula is C12H16O. The van der Waals surface area contributed by atoms with Crippen LogP contribution in [-0.4, -0.2) is 5.11 Å². The quantitative estimate of drug-likeness (QED) is 0.699. The first-order valence-electron chi connectivity index (χ1n) is 4.72. The van der Waals surface area contributed by atoms with Gasteiger partial charge in [-0.3, -0.25) is 0 Å². The Morgan fingerprint density at radius 1 is 1.23 bits per heavy atom. The van der Waals surface area contributed by atoms with Crippen LogP contribution in [0.1, 0.15) is 31.4 Å². The fraction of sp³-hybridized carbons (Fsp3) is 0.333. The molecule has 13 heavy (non-hydrogen) atoms. The zero-order chi connectivity index (χ0) is 9.52. The Balaban J connectivity index is 2.49. The molecule has 0 heterocycles. The highest BCUT2D eigenvalue weighted by Gasteiger charge is 2.02. The molecule has 0 fully saturated rings. The van der Waals surface area contributed by atoms with Gasteiger partial charge in [-0.1, -0.05) is 49.4 Å². The lowest BCUT2D eigenvalue weighted by atomic mass is 10.1. The fourth-order valence-electron chi connectivity index (χ4n) is 1.20. The molecule has 0 aliphatic rings. The van der Waals surface area contributed by atoms with E-state index in [1.807, 2.05) is 36.4 Å². The number of hydrogen-bond donors (Lipinski definition) is 1. The summed E-state index contributed by atoms with van der Waals surface area (Å²) in [6.07, 6.45) is 5.48. The fourth-order valence-corrected chi connectivity index (χ4v) is 1.20. The summed E-state index contributed by atoms with van der Waals surface area (Å²) in [5.41, 5.74) is 0.989. The van der Waals surface area contributed by atoms with Gasteiger partial charge in [-0.2, -0.15) is 0 Å². The Kier molecular flexibility index (Phi) is 4.27. The first-order valence-corrected chi connectivity index (χ1v) is 4.72. The van der Waals surface area contributed by atoms with Gasteiger partial charge < -0.3 is 5.11 Å². The molecule has 0 aliphatic heterocycles. The van der Waals surface area contributed by atoms with Gasteiger partial charge in [-0.05, 0) is 18.4 Å². The van der Waals surface area contributed by atoms with Crippen LogP contribution in [0.4, 0.5) is 0 Å². The number of hydrogen-bond acceptors (Lipinski definition) is 1. The zero-order valence-electron chi connectivity index (χ0n) is 7.98. The summed E-state index contributed by atoms with van der Waals surface area (Å²) in [6.45, 7) is 2.09. The molecule has 1 rings (SSSR count). The minimum absolute atomic E-state index is 0.357. The van der Waals surface area contributed by atoms with Crippen LogP contribution in [0.3, 0.4) is 0 Å². The predicted octanol–water partition coefficient (Wildman–Crippen LogP) is 3.08. The lowest BCUT2D eigenvalue weighted by Gasteiger charge is -2.07. The van der Waals surface area contributed by atoms with Crippen LogP contribution in [0.25, 0.3) is 0 Å². The first-order chi connectivity index (χ1) is 6.34. The van der Waals surface area contributed by atoms with Crippen LogP contribution in [0, 0.1) is 0 Å². The third-order valence-corrected chi connectivity index (χ3v) is 1.95. The highest BCUT2D eigenvalue weighted by molar-refractivity contribution is 5.17. The summed E-state index contributed by atoms with van der Waals surface area (Å²) in [5.74, 6) is 0. The Bertz CT molecular complexity index is 251. The maximum Gasteiger partial charge on any atom is 0.0824 e. The number of benzene rings is 1. The van der Waals surface area contributed by atoms with Crippen LogP contribution < -0.4 is 0 Å². The van der Waals surface area contributed by atoms with Gasteiger partial charge in [-0.25, -0.2) is 0 Å².